The van der Waals surface area contributed by atoms with Crippen molar-refractivity contribution in [2.45, 2.75) is 98.5 Å². The highest BCUT2D eigenvalue weighted by atomic mass is 16.5. The lowest BCUT2D eigenvalue weighted by Crippen LogP contribution is -2.54. The van der Waals surface area contributed by atoms with Crippen LogP contribution in [-0.2, 0) is 9.53 Å². The topological polar surface area (TPSA) is 46.5 Å². The molecule has 7 atom stereocenters. The van der Waals surface area contributed by atoms with E-state index < -0.39 is 0 Å². The van der Waals surface area contributed by atoms with E-state index in [4.69, 9.17) is 4.74 Å². The van der Waals surface area contributed by atoms with Crippen LogP contribution in [0.2, 0.25) is 0 Å². The van der Waals surface area contributed by atoms with Crippen molar-refractivity contribution in [2.75, 3.05) is 6.61 Å². The molecule has 0 bridgehead atoms. The zero-order chi connectivity index (χ0) is 21.0. The van der Waals surface area contributed by atoms with E-state index >= 15 is 0 Å². The zero-order valence-electron chi connectivity index (χ0n) is 19.3. The van der Waals surface area contributed by atoms with E-state index in [1.54, 1.807) is 5.57 Å². The van der Waals surface area contributed by atoms with Gasteiger partial charge in [-0.1, -0.05) is 39.3 Å². The lowest BCUT2D eigenvalue weighted by molar-refractivity contribution is -0.143. The van der Waals surface area contributed by atoms with Crippen LogP contribution >= 0.6 is 0 Å². The van der Waals surface area contributed by atoms with Gasteiger partial charge in [-0.25, -0.2) is 0 Å². The van der Waals surface area contributed by atoms with Crippen molar-refractivity contribution in [3.63, 3.8) is 0 Å². The van der Waals surface area contributed by atoms with Crippen LogP contribution in [0.15, 0.2) is 11.6 Å². The quantitative estimate of drug-likeness (QED) is 0.470. The van der Waals surface area contributed by atoms with E-state index in [2.05, 4.69) is 33.8 Å². The maximum atomic E-state index is 11.9. The Hall–Kier alpha value is -0.830. The van der Waals surface area contributed by atoms with Crippen LogP contribution in [0, 0.1) is 39.9 Å². The minimum absolute atomic E-state index is 0.0195. The van der Waals surface area contributed by atoms with Gasteiger partial charge in [0.1, 0.15) is 0 Å². The second-order valence-corrected chi connectivity index (χ2v) is 11.6. The molecular weight excluding hydrogens is 360 g/mol. The first-order valence-electron chi connectivity index (χ1n) is 12.2. The van der Waals surface area contributed by atoms with Gasteiger partial charge in [0.15, 0.2) is 0 Å². The number of aliphatic hydroxyl groups is 1. The van der Waals surface area contributed by atoms with Crippen molar-refractivity contribution in [3.8, 4) is 0 Å². The van der Waals surface area contributed by atoms with Gasteiger partial charge in [0.25, 0.3) is 0 Å². The van der Waals surface area contributed by atoms with E-state index in [9.17, 15) is 9.90 Å². The SMILES string of the molecule is CCOC(=O)CC[C@H]1CC[C@H]2[C@@H]3CC=C4C(C)(C)[C@@H](O)CC[C@]4(C)[C@H]3CC[C@]12C. The molecule has 29 heavy (non-hydrogen) atoms. The summed E-state index contributed by atoms with van der Waals surface area (Å²) in [4.78, 5) is 11.9. The molecule has 0 aromatic heterocycles. The van der Waals surface area contributed by atoms with Crippen LogP contribution in [0.5, 0.6) is 0 Å². The highest BCUT2D eigenvalue weighted by Crippen LogP contribution is 2.68. The number of allylic oxidation sites excluding steroid dienone is 1. The summed E-state index contributed by atoms with van der Waals surface area (Å²) in [5.41, 5.74) is 2.11. The molecule has 164 valence electrons. The average Bonchev–Trinajstić information content (AvgIpc) is 3.00. The molecule has 3 fully saturated rings. The van der Waals surface area contributed by atoms with Gasteiger partial charge in [0, 0.05) is 11.8 Å². The van der Waals surface area contributed by atoms with E-state index in [-0.39, 0.29) is 22.9 Å². The van der Waals surface area contributed by atoms with Crippen molar-refractivity contribution in [1.82, 2.24) is 0 Å². The van der Waals surface area contributed by atoms with Crippen LogP contribution in [0.1, 0.15) is 92.4 Å². The van der Waals surface area contributed by atoms with E-state index in [1.165, 1.54) is 32.1 Å². The third-order valence-corrected chi connectivity index (χ3v) is 10.1. The molecule has 3 nitrogen and oxygen atoms in total. The largest absolute Gasteiger partial charge is 0.466 e. The molecule has 4 aliphatic carbocycles. The lowest BCUT2D eigenvalue weighted by atomic mass is 9.44. The number of carbonyl (C=O) groups is 1. The molecule has 4 rings (SSSR count). The van der Waals surface area contributed by atoms with E-state index in [0.29, 0.717) is 24.4 Å². The Morgan fingerprint density at radius 1 is 1.10 bits per heavy atom. The third kappa shape index (κ3) is 3.22. The summed E-state index contributed by atoms with van der Waals surface area (Å²) in [6.45, 7) is 11.9. The van der Waals surface area contributed by atoms with Crippen LogP contribution in [-0.4, -0.2) is 23.8 Å². The fraction of sp³-hybridized carbons (Fsp3) is 0.885. The van der Waals surface area contributed by atoms with Gasteiger partial charge in [-0.2, -0.15) is 0 Å². The summed E-state index contributed by atoms with van der Waals surface area (Å²) >= 11 is 0. The van der Waals surface area contributed by atoms with Gasteiger partial charge >= 0.3 is 5.97 Å². The summed E-state index contributed by atoms with van der Waals surface area (Å²) < 4.78 is 5.19. The number of esters is 1. The Kier molecular flexibility index (Phi) is 5.46. The lowest BCUT2D eigenvalue weighted by Gasteiger charge is -2.61. The van der Waals surface area contributed by atoms with Crippen LogP contribution < -0.4 is 0 Å². The second kappa shape index (κ2) is 7.39. The number of aliphatic hydroxyl groups excluding tert-OH is 1. The Balaban J connectivity index is 1.54. The molecule has 0 radical (unpaired) electrons. The monoisotopic (exact) mass is 402 g/mol. The first-order chi connectivity index (χ1) is 13.6. The second-order valence-electron chi connectivity index (χ2n) is 11.6. The van der Waals surface area contributed by atoms with Crippen molar-refractivity contribution in [2.24, 2.45) is 39.9 Å². The molecule has 0 aromatic carbocycles. The normalized spacial score (nSPS) is 45.6. The molecular formula is C26H42O3. The Labute approximate surface area is 177 Å². The number of rotatable bonds is 4. The summed E-state index contributed by atoms with van der Waals surface area (Å²) in [5.74, 6) is 2.98. The minimum Gasteiger partial charge on any atom is -0.466 e. The number of hydrogen-bond acceptors (Lipinski definition) is 3. The molecule has 0 aromatic rings. The van der Waals surface area contributed by atoms with E-state index in [1.807, 2.05) is 6.92 Å². The Morgan fingerprint density at radius 3 is 2.59 bits per heavy atom. The van der Waals surface area contributed by atoms with Crippen molar-refractivity contribution in [1.29, 1.82) is 0 Å². The van der Waals surface area contributed by atoms with Crippen molar-refractivity contribution in [3.05, 3.63) is 11.6 Å². The number of ether oxygens (including phenoxy) is 1. The summed E-state index contributed by atoms with van der Waals surface area (Å²) in [5, 5.41) is 10.7. The number of fused-ring (bicyclic) bond motifs is 5. The van der Waals surface area contributed by atoms with Crippen LogP contribution in [0.3, 0.4) is 0 Å². The zero-order valence-corrected chi connectivity index (χ0v) is 19.3. The highest BCUT2D eigenvalue weighted by Gasteiger charge is 2.60. The van der Waals surface area contributed by atoms with E-state index in [0.717, 1.165) is 37.0 Å². The first-order valence-corrected chi connectivity index (χ1v) is 12.2. The summed E-state index contributed by atoms with van der Waals surface area (Å²) in [6.07, 6.45) is 12.4. The smallest absolute Gasteiger partial charge is 0.305 e. The molecule has 0 heterocycles. The molecule has 0 saturated heterocycles. The van der Waals surface area contributed by atoms with Gasteiger partial charge in [0.05, 0.1) is 12.7 Å². The Bertz CT molecular complexity index is 679. The maximum absolute atomic E-state index is 11.9. The summed E-state index contributed by atoms with van der Waals surface area (Å²) in [7, 11) is 0. The third-order valence-electron chi connectivity index (χ3n) is 10.1. The molecule has 3 heteroatoms. The van der Waals surface area contributed by atoms with Gasteiger partial charge in [-0.05, 0) is 92.8 Å². The molecule has 3 saturated carbocycles. The molecule has 0 unspecified atom stereocenters. The van der Waals surface area contributed by atoms with Gasteiger partial charge in [0.2, 0.25) is 0 Å². The standard InChI is InChI=1S/C26H42O3/c1-6-29-23(28)12-8-17-7-10-19-18-9-11-21-24(2,3)22(27)14-16-26(21,5)20(18)13-15-25(17,19)4/h11,17-20,22,27H,6-10,12-16H2,1-5H3/t17-,18+,19+,20+,22+,25-,26-/m1/s1. The van der Waals surface area contributed by atoms with Gasteiger partial charge in [-0.15, -0.1) is 0 Å². The van der Waals surface area contributed by atoms with Crippen LogP contribution in [0.4, 0.5) is 0 Å². The maximum Gasteiger partial charge on any atom is 0.305 e. The predicted octanol–water partition coefficient (Wildman–Crippen LogP) is 5.91. The molecule has 0 spiro atoms. The number of carbonyl (C=O) groups excluding carboxylic acids is 1. The van der Waals surface area contributed by atoms with Crippen LogP contribution in [0.25, 0.3) is 0 Å². The predicted molar refractivity (Wildman–Crippen MR) is 116 cm³/mol. The fourth-order valence-electron chi connectivity index (χ4n) is 8.50. The van der Waals surface area contributed by atoms with Gasteiger partial charge in [-0.3, -0.25) is 4.79 Å². The minimum atomic E-state index is -0.203. The Morgan fingerprint density at radius 2 is 1.86 bits per heavy atom. The summed E-state index contributed by atoms with van der Waals surface area (Å²) in [6, 6.07) is 0. The number of hydrogen-bond donors (Lipinski definition) is 1. The average molecular weight is 403 g/mol. The molecule has 4 aliphatic rings. The first kappa shape index (κ1) is 21.4. The molecule has 0 aliphatic heterocycles. The highest BCUT2D eigenvalue weighted by molar-refractivity contribution is 5.69. The fourth-order valence-corrected chi connectivity index (χ4v) is 8.50. The van der Waals surface area contributed by atoms with Crippen molar-refractivity contribution < 1.29 is 14.6 Å². The van der Waals surface area contributed by atoms with Crippen molar-refractivity contribution >= 4 is 5.97 Å². The molecule has 1 N–H and O–H groups in total. The molecule has 0 amide bonds. The van der Waals surface area contributed by atoms with Gasteiger partial charge < -0.3 is 9.84 Å².